The predicted molar refractivity (Wildman–Crippen MR) is 80.3 cm³/mol. The molecular formula is C15H19ClN2O3. The molecule has 0 unspecified atom stereocenters. The van der Waals surface area contributed by atoms with Gasteiger partial charge in [-0.05, 0) is 24.8 Å². The Balaban J connectivity index is 0.00000161. The smallest absolute Gasteiger partial charge is 0.408 e. The summed E-state index contributed by atoms with van der Waals surface area (Å²) in [7, 11) is 0. The van der Waals surface area contributed by atoms with Crippen molar-refractivity contribution < 1.29 is 14.7 Å². The zero-order valence-corrected chi connectivity index (χ0v) is 12.4. The van der Waals surface area contributed by atoms with Gasteiger partial charge in [-0.2, -0.15) is 0 Å². The van der Waals surface area contributed by atoms with Gasteiger partial charge in [-0.15, -0.1) is 12.4 Å². The lowest BCUT2D eigenvalue weighted by Gasteiger charge is -2.72. The zero-order chi connectivity index (χ0) is 14.4. The van der Waals surface area contributed by atoms with Crippen molar-refractivity contribution in [2.24, 2.45) is 11.1 Å². The van der Waals surface area contributed by atoms with Crippen LogP contribution in [0.25, 0.3) is 0 Å². The van der Waals surface area contributed by atoms with Gasteiger partial charge in [0.05, 0.1) is 6.54 Å². The predicted octanol–water partition coefficient (Wildman–Crippen LogP) is 2.04. The number of carbonyl (C=O) groups is 2. The van der Waals surface area contributed by atoms with Crippen LogP contribution >= 0.6 is 12.4 Å². The van der Waals surface area contributed by atoms with Crippen LogP contribution < -0.4 is 5.73 Å². The number of hydrogen-bond acceptors (Lipinski definition) is 3. The molecule has 0 atom stereocenters. The van der Waals surface area contributed by atoms with Crippen LogP contribution in [0.1, 0.15) is 24.8 Å². The minimum absolute atomic E-state index is 0. The van der Waals surface area contributed by atoms with E-state index in [1.165, 1.54) is 4.90 Å². The van der Waals surface area contributed by atoms with Crippen molar-refractivity contribution in [3.05, 3.63) is 35.9 Å². The highest BCUT2D eigenvalue weighted by atomic mass is 35.5. The molecule has 1 aromatic carbocycles. The molecule has 1 amide bonds. The molecule has 3 aliphatic rings. The number of amides is 1. The Bertz CT molecular complexity index is 542. The normalized spacial score (nSPS) is 28.6. The molecule has 0 saturated heterocycles. The van der Waals surface area contributed by atoms with E-state index in [2.05, 4.69) is 0 Å². The van der Waals surface area contributed by atoms with Crippen molar-refractivity contribution in [3.8, 4) is 0 Å². The van der Waals surface area contributed by atoms with Gasteiger partial charge in [0, 0.05) is 17.5 Å². The van der Waals surface area contributed by atoms with Crippen molar-refractivity contribution in [2.75, 3.05) is 6.54 Å². The third-order valence-corrected chi connectivity index (χ3v) is 4.77. The summed E-state index contributed by atoms with van der Waals surface area (Å²) in [6.45, 7) is 0.435. The summed E-state index contributed by atoms with van der Waals surface area (Å²) >= 11 is 0. The summed E-state index contributed by atoms with van der Waals surface area (Å²) in [5.74, 6) is 0.0735. The SMILES string of the molecule is Cl.NCC(=O)C12CC(N(Cc3ccccc3)C(=O)O)(C1)C2. The van der Waals surface area contributed by atoms with Gasteiger partial charge >= 0.3 is 6.09 Å². The molecule has 6 heteroatoms. The van der Waals surface area contributed by atoms with Gasteiger partial charge in [0.2, 0.25) is 0 Å². The Labute approximate surface area is 129 Å². The Morgan fingerprint density at radius 1 is 1.19 bits per heavy atom. The summed E-state index contributed by atoms with van der Waals surface area (Å²) in [5, 5.41) is 9.46. The fourth-order valence-corrected chi connectivity index (χ4v) is 3.74. The van der Waals surface area contributed by atoms with Crippen LogP contribution in [-0.4, -0.2) is 34.0 Å². The van der Waals surface area contributed by atoms with Crippen molar-refractivity contribution in [1.29, 1.82) is 0 Å². The Hall–Kier alpha value is -1.59. The van der Waals surface area contributed by atoms with E-state index < -0.39 is 6.09 Å². The number of ketones is 1. The van der Waals surface area contributed by atoms with Gasteiger partial charge < -0.3 is 10.8 Å². The van der Waals surface area contributed by atoms with Crippen molar-refractivity contribution in [1.82, 2.24) is 4.90 Å². The number of nitrogens with zero attached hydrogens (tertiary/aromatic N) is 1. The molecule has 0 spiro atoms. The van der Waals surface area contributed by atoms with E-state index in [0.29, 0.717) is 25.8 Å². The summed E-state index contributed by atoms with van der Waals surface area (Å²) in [6, 6.07) is 9.54. The standard InChI is InChI=1S/C15H18N2O3.ClH/c16-6-12(18)14-8-15(9-14,10-14)17(13(19)20)7-11-4-2-1-3-5-11;/h1-5H,6-10,16H2,(H,19,20);1H. The lowest BCUT2D eigenvalue weighted by molar-refractivity contribution is -0.208. The molecule has 114 valence electrons. The monoisotopic (exact) mass is 310 g/mol. The fourth-order valence-electron chi connectivity index (χ4n) is 3.74. The lowest BCUT2D eigenvalue weighted by Crippen LogP contribution is -2.77. The molecule has 3 aliphatic carbocycles. The summed E-state index contributed by atoms with van der Waals surface area (Å²) in [6.07, 6.45) is 0.988. The van der Waals surface area contributed by atoms with Crippen molar-refractivity contribution in [2.45, 2.75) is 31.3 Å². The topological polar surface area (TPSA) is 83.6 Å². The minimum atomic E-state index is -0.914. The first-order valence-corrected chi connectivity index (χ1v) is 6.79. The van der Waals surface area contributed by atoms with Gasteiger partial charge in [0.25, 0.3) is 0 Å². The highest BCUT2D eigenvalue weighted by molar-refractivity contribution is 5.91. The third kappa shape index (κ3) is 2.30. The van der Waals surface area contributed by atoms with E-state index in [0.717, 1.165) is 5.56 Å². The molecule has 0 heterocycles. The van der Waals surface area contributed by atoms with E-state index in [1.54, 1.807) is 0 Å². The first kappa shape index (κ1) is 15.8. The quantitative estimate of drug-likeness (QED) is 0.871. The first-order valence-electron chi connectivity index (χ1n) is 6.79. The van der Waals surface area contributed by atoms with E-state index in [1.807, 2.05) is 30.3 Å². The molecule has 5 nitrogen and oxygen atoms in total. The number of carboxylic acid groups (broad SMARTS) is 1. The van der Waals surface area contributed by atoms with Crippen molar-refractivity contribution >= 4 is 24.3 Å². The summed E-state index contributed by atoms with van der Waals surface area (Å²) in [5.41, 5.74) is 5.73. The highest BCUT2D eigenvalue weighted by Gasteiger charge is 2.73. The van der Waals surface area contributed by atoms with Crippen LogP contribution in [0.3, 0.4) is 0 Å². The van der Waals surface area contributed by atoms with Gasteiger partial charge in [0.15, 0.2) is 5.78 Å². The number of hydrogen-bond donors (Lipinski definition) is 2. The molecule has 0 radical (unpaired) electrons. The molecule has 3 N–H and O–H groups in total. The van der Waals surface area contributed by atoms with E-state index in [4.69, 9.17) is 5.73 Å². The summed E-state index contributed by atoms with van der Waals surface area (Å²) in [4.78, 5) is 24.8. The maximum Gasteiger partial charge on any atom is 0.408 e. The second-order valence-electron chi connectivity index (χ2n) is 6.02. The van der Waals surface area contributed by atoms with Gasteiger partial charge in [-0.3, -0.25) is 9.69 Å². The maximum absolute atomic E-state index is 11.8. The molecule has 3 fully saturated rings. The molecule has 21 heavy (non-hydrogen) atoms. The number of rotatable bonds is 5. The van der Waals surface area contributed by atoms with Crippen LogP contribution in [0.4, 0.5) is 4.79 Å². The highest BCUT2D eigenvalue weighted by Crippen LogP contribution is 2.70. The van der Waals surface area contributed by atoms with Gasteiger partial charge in [0.1, 0.15) is 0 Å². The number of carbonyl (C=O) groups excluding carboxylic acids is 1. The average molecular weight is 311 g/mol. The number of halogens is 1. The number of Topliss-reactive ketones (excluding diaryl/α,β-unsaturated/α-hetero) is 1. The molecule has 1 aromatic rings. The van der Waals surface area contributed by atoms with Crippen LogP contribution in [0, 0.1) is 5.41 Å². The second kappa shape index (κ2) is 5.31. The second-order valence-corrected chi connectivity index (χ2v) is 6.02. The summed E-state index contributed by atoms with van der Waals surface area (Å²) < 4.78 is 0. The Morgan fingerprint density at radius 3 is 2.24 bits per heavy atom. The van der Waals surface area contributed by atoms with Crippen LogP contribution in [0.15, 0.2) is 30.3 Å². The van der Waals surface area contributed by atoms with Gasteiger partial charge in [-0.25, -0.2) is 4.79 Å². The molecule has 0 aromatic heterocycles. The Morgan fingerprint density at radius 2 is 1.76 bits per heavy atom. The van der Waals surface area contributed by atoms with Crippen LogP contribution in [-0.2, 0) is 11.3 Å². The molecule has 0 aliphatic heterocycles. The largest absolute Gasteiger partial charge is 0.465 e. The first-order chi connectivity index (χ1) is 9.51. The fraction of sp³-hybridized carbons (Fsp3) is 0.467. The van der Waals surface area contributed by atoms with E-state index in [9.17, 15) is 14.7 Å². The van der Waals surface area contributed by atoms with Crippen LogP contribution in [0.5, 0.6) is 0 Å². The van der Waals surface area contributed by atoms with Crippen LogP contribution in [0.2, 0.25) is 0 Å². The third-order valence-electron chi connectivity index (χ3n) is 4.77. The molecule has 4 rings (SSSR count). The van der Waals surface area contributed by atoms with E-state index in [-0.39, 0.29) is 35.7 Å². The number of nitrogens with two attached hydrogens (primary N) is 1. The molecular weight excluding hydrogens is 292 g/mol. The number of benzene rings is 1. The Kier molecular flexibility index (Phi) is 4.00. The maximum atomic E-state index is 11.8. The van der Waals surface area contributed by atoms with Gasteiger partial charge in [-0.1, -0.05) is 30.3 Å². The minimum Gasteiger partial charge on any atom is -0.465 e. The molecule has 2 bridgehead atoms. The zero-order valence-electron chi connectivity index (χ0n) is 11.6. The van der Waals surface area contributed by atoms with E-state index >= 15 is 0 Å². The van der Waals surface area contributed by atoms with Crippen molar-refractivity contribution in [3.63, 3.8) is 0 Å². The lowest BCUT2D eigenvalue weighted by atomic mass is 9.37. The molecule has 3 saturated carbocycles. The average Bonchev–Trinajstić information content (AvgIpc) is 2.35.